The van der Waals surface area contributed by atoms with Gasteiger partial charge in [0.25, 0.3) is 0 Å². The highest BCUT2D eigenvalue weighted by atomic mass is 16.4. The number of hydrogen-bond donors (Lipinski definition) is 2. The van der Waals surface area contributed by atoms with E-state index in [1.54, 1.807) is 6.92 Å². The van der Waals surface area contributed by atoms with Crippen LogP contribution in [-0.4, -0.2) is 34.6 Å². The molecule has 0 fully saturated rings. The normalized spacial score (nSPS) is 13.1. The average molecular weight is 246 g/mol. The second kappa shape index (κ2) is 5.23. The van der Waals surface area contributed by atoms with E-state index in [0.717, 1.165) is 12.1 Å². The van der Waals surface area contributed by atoms with Gasteiger partial charge in [-0.05, 0) is 24.7 Å². The van der Waals surface area contributed by atoms with Crippen molar-refractivity contribution >= 4 is 16.9 Å². The second-order valence-corrected chi connectivity index (χ2v) is 4.79. The molecule has 96 valence electrons. The first-order valence-corrected chi connectivity index (χ1v) is 6.04. The van der Waals surface area contributed by atoms with Crippen LogP contribution in [-0.2, 0) is 11.3 Å². The molecule has 0 bridgehead atoms. The molecule has 1 aromatic heterocycles. The van der Waals surface area contributed by atoms with E-state index in [1.165, 1.54) is 10.9 Å². The molecule has 0 radical (unpaired) electrons. The summed E-state index contributed by atoms with van der Waals surface area (Å²) in [5.74, 6) is -1.10. The summed E-state index contributed by atoms with van der Waals surface area (Å²) in [7, 11) is 1.95. The SMILES string of the molecule is CC(CN(C)Cc1cccc2[nH]ccc12)C(=O)O. The first kappa shape index (κ1) is 12.6. The Bertz CT molecular complexity index is 547. The molecule has 0 aliphatic carbocycles. The van der Waals surface area contributed by atoms with E-state index in [2.05, 4.69) is 17.1 Å². The van der Waals surface area contributed by atoms with E-state index in [9.17, 15) is 4.79 Å². The average Bonchev–Trinajstić information content (AvgIpc) is 2.77. The van der Waals surface area contributed by atoms with E-state index >= 15 is 0 Å². The number of rotatable bonds is 5. The van der Waals surface area contributed by atoms with E-state index in [4.69, 9.17) is 5.11 Å². The predicted molar refractivity (Wildman–Crippen MR) is 71.4 cm³/mol. The van der Waals surface area contributed by atoms with Crippen molar-refractivity contribution in [3.63, 3.8) is 0 Å². The van der Waals surface area contributed by atoms with Crippen molar-refractivity contribution < 1.29 is 9.90 Å². The number of fused-ring (bicyclic) bond motifs is 1. The summed E-state index contributed by atoms with van der Waals surface area (Å²) in [5.41, 5.74) is 2.33. The fraction of sp³-hybridized carbons (Fsp3) is 0.357. The summed E-state index contributed by atoms with van der Waals surface area (Å²) >= 11 is 0. The molecule has 4 nitrogen and oxygen atoms in total. The third-order valence-corrected chi connectivity index (χ3v) is 3.13. The Hall–Kier alpha value is -1.81. The molecule has 1 aromatic carbocycles. The number of hydrogen-bond acceptors (Lipinski definition) is 2. The lowest BCUT2D eigenvalue weighted by Gasteiger charge is -2.19. The maximum Gasteiger partial charge on any atom is 0.307 e. The minimum absolute atomic E-state index is 0.347. The largest absolute Gasteiger partial charge is 0.481 e. The van der Waals surface area contributed by atoms with Gasteiger partial charge in [0.2, 0.25) is 0 Å². The van der Waals surface area contributed by atoms with Gasteiger partial charge in [-0.1, -0.05) is 19.1 Å². The van der Waals surface area contributed by atoms with Crippen LogP contribution in [0.2, 0.25) is 0 Å². The number of H-pyrrole nitrogens is 1. The molecule has 0 amide bonds. The molecule has 4 heteroatoms. The van der Waals surface area contributed by atoms with Crippen LogP contribution >= 0.6 is 0 Å². The number of nitrogens with one attached hydrogen (secondary N) is 1. The van der Waals surface area contributed by atoms with Crippen LogP contribution in [0, 0.1) is 5.92 Å². The van der Waals surface area contributed by atoms with Crippen LogP contribution < -0.4 is 0 Å². The fourth-order valence-corrected chi connectivity index (χ4v) is 2.19. The van der Waals surface area contributed by atoms with Crippen molar-refractivity contribution in [1.82, 2.24) is 9.88 Å². The highest BCUT2D eigenvalue weighted by Crippen LogP contribution is 2.18. The third kappa shape index (κ3) is 2.71. The molecule has 0 spiro atoms. The Labute approximate surface area is 106 Å². The summed E-state index contributed by atoms with van der Waals surface area (Å²) in [5, 5.41) is 10.1. The summed E-state index contributed by atoms with van der Waals surface area (Å²) < 4.78 is 0. The summed E-state index contributed by atoms with van der Waals surface area (Å²) in [4.78, 5) is 16.0. The lowest BCUT2D eigenvalue weighted by atomic mass is 10.1. The fourth-order valence-electron chi connectivity index (χ4n) is 2.19. The molecule has 2 rings (SSSR count). The van der Waals surface area contributed by atoms with Crippen molar-refractivity contribution in [3.05, 3.63) is 36.0 Å². The molecule has 2 aromatic rings. The highest BCUT2D eigenvalue weighted by molar-refractivity contribution is 5.82. The Balaban J connectivity index is 2.09. The quantitative estimate of drug-likeness (QED) is 0.851. The van der Waals surface area contributed by atoms with Gasteiger partial charge in [0.05, 0.1) is 5.92 Å². The number of benzene rings is 1. The minimum Gasteiger partial charge on any atom is -0.481 e. The van der Waals surface area contributed by atoms with Gasteiger partial charge in [-0.25, -0.2) is 0 Å². The minimum atomic E-state index is -0.748. The predicted octanol–water partition coefficient (Wildman–Crippen LogP) is 2.32. The van der Waals surface area contributed by atoms with Crippen LogP contribution in [0.5, 0.6) is 0 Å². The first-order chi connectivity index (χ1) is 8.58. The summed E-state index contributed by atoms with van der Waals surface area (Å²) in [6.07, 6.45) is 1.92. The zero-order valence-electron chi connectivity index (χ0n) is 10.7. The molecule has 2 N–H and O–H groups in total. The number of aliphatic carboxylic acids is 1. The number of carboxylic acid groups (broad SMARTS) is 1. The van der Waals surface area contributed by atoms with Crippen molar-refractivity contribution in [2.75, 3.05) is 13.6 Å². The van der Waals surface area contributed by atoms with Crippen LogP contribution in [0.1, 0.15) is 12.5 Å². The molecule has 0 aliphatic rings. The number of aromatic nitrogens is 1. The highest BCUT2D eigenvalue weighted by Gasteiger charge is 2.14. The first-order valence-electron chi connectivity index (χ1n) is 6.04. The van der Waals surface area contributed by atoms with Crippen molar-refractivity contribution in [1.29, 1.82) is 0 Å². The smallest absolute Gasteiger partial charge is 0.307 e. The van der Waals surface area contributed by atoms with Crippen molar-refractivity contribution in [3.8, 4) is 0 Å². The standard InChI is InChI=1S/C14H18N2O2/c1-10(14(17)18)8-16(2)9-11-4-3-5-13-12(11)6-7-15-13/h3-7,10,15H,8-9H2,1-2H3,(H,17,18). The van der Waals surface area contributed by atoms with Crippen molar-refractivity contribution in [2.45, 2.75) is 13.5 Å². The van der Waals surface area contributed by atoms with Gasteiger partial charge in [0, 0.05) is 30.2 Å². The molecule has 0 aliphatic heterocycles. The Kier molecular flexibility index (Phi) is 3.67. The molecular weight excluding hydrogens is 228 g/mol. The van der Waals surface area contributed by atoms with Gasteiger partial charge in [0.1, 0.15) is 0 Å². The molecule has 1 unspecified atom stereocenters. The lowest BCUT2D eigenvalue weighted by Crippen LogP contribution is -2.28. The number of aromatic amines is 1. The number of carbonyl (C=O) groups is 1. The zero-order chi connectivity index (χ0) is 13.1. The van der Waals surface area contributed by atoms with E-state index < -0.39 is 5.97 Å². The van der Waals surface area contributed by atoms with Gasteiger partial charge in [-0.2, -0.15) is 0 Å². The van der Waals surface area contributed by atoms with Crippen LogP contribution in [0.4, 0.5) is 0 Å². The van der Waals surface area contributed by atoms with Crippen LogP contribution in [0.3, 0.4) is 0 Å². The van der Waals surface area contributed by atoms with E-state index in [0.29, 0.717) is 6.54 Å². The molecule has 0 saturated heterocycles. The second-order valence-electron chi connectivity index (χ2n) is 4.79. The Morgan fingerprint density at radius 1 is 1.44 bits per heavy atom. The number of carboxylic acids is 1. The topological polar surface area (TPSA) is 56.3 Å². The monoisotopic (exact) mass is 246 g/mol. The van der Waals surface area contributed by atoms with Gasteiger partial charge in [-0.3, -0.25) is 4.79 Å². The molecule has 1 heterocycles. The maximum absolute atomic E-state index is 10.8. The number of nitrogens with zero attached hydrogens (tertiary/aromatic N) is 1. The van der Waals surface area contributed by atoms with Gasteiger partial charge >= 0.3 is 5.97 Å². The van der Waals surface area contributed by atoms with E-state index in [1.807, 2.05) is 30.3 Å². The summed E-state index contributed by atoms with van der Waals surface area (Å²) in [6, 6.07) is 8.19. The van der Waals surface area contributed by atoms with E-state index in [-0.39, 0.29) is 5.92 Å². The van der Waals surface area contributed by atoms with Gasteiger partial charge in [0.15, 0.2) is 0 Å². The van der Waals surface area contributed by atoms with Gasteiger partial charge < -0.3 is 15.0 Å². The van der Waals surface area contributed by atoms with Crippen LogP contribution in [0.15, 0.2) is 30.5 Å². The summed E-state index contributed by atoms with van der Waals surface area (Å²) in [6.45, 7) is 3.04. The van der Waals surface area contributed by atoms with Crippen LogP contribution in [0.25, 0.3) is 10.9 Å². The molecular formula is C14H18N2O2. The third-order valence-electron chi connectivity index (χ3n) is 3.13. The Morgan fingerprint density at radius 2 is 2.22 bits per heavy atom. The Morgan fingerprint density at radius 3 is 2.94 bits per heavy atom. The lowest BCUT2D eigenvalue weighted by molar-refractivity contribution is -0.141. The van der Waals surface area contributed by atoms with Crippen molar-refractivity contribution in [2.24, 2.45) is 5.92 Å². The zero-order valence-corrected chi connectivity index (χ0v) is 10.7. The maximum atomic E-state index is 10.8. The molecule has 18 heavy (non-hydrogen) atoms. The molecule has 0 saturated carbocycles. The molecule has 1 atom stereocenters. The van der Waals surface area contributed by atoms with Gasteiger partial charge in [-0.15, -0.1) is 0 Å².